The summed E-state index contributed by atoms with van der Waals surface area (Å²) >= 11 is 0. The molecule has 1 aromatic heterocycles. The van der Waals surface area contributed by atoms with E-state index < -0.39 is 5.41 Å². The summed E-state index contributed by atoms with van der Waals surface area (Å²) in [6.07, 6.45) is 4.94. The van der Waals surface area contributed by atoms with Gasteiger partial charge in [-0.3, -0.25) is 4.79 Å². The summed E-state index contributed by atoms with van der Waals surface area (Å²) in [4.78, 5) is 17.1. The second kappa shape index (κ2) is 5.72. The lowest BCUT2D eigenvalue weighted by Crippen LogP contribution is -2.37. The molecule has 1 N–H and O–H groups in total. The minimum atomic E-state index is -0.670. The van der Waals surface area contributed by atoms with Crippen LogP contribution in [0, 0.1) is 5.92 Å². The smallest absolute Gasteiger partial charge is 0.242 e. The largest absolute Gasteiger partial charge is 0.355 e. The van der Waals surface area contributed by atoms with Crippen LogP contribution in [-0.2, 0) is 23.1 Å². The lowest BCUT2D eigenvalue weighted by Gasteiger charge is -2.23. The van der Waals surface area contributed by atoms with Crippen molar-refractivity contribution < 1.29 is 9.32 Å². The molecular weight excluding hydrogens is 302 g/mol. The Morgan fingerprint density at radius 2 is 2.12 bits per heavy atom. The molecule has 1 fully saturated rings. The molecule has 1 atom stereocenters. The van der Waals surface area contributed by atoms with E-state index in [1.807, 2.05) is 0 Å². The van der Waals surface area contributed by atoms with Crippen LogP contribution < -0.4 is 5.32 Å². The summed E-state index contributed by atoms with van der Waals surface area (Å²) in [7, 11) is 0. The molecular formula is C19H23N3O2. The summed E-state index contributed by atoms with van der Waals surface area (Å²) < 4.78 is 5.58. The quantitative estimate of drug-likeness (QED) is 0.938. The third-order valence-corrected chi connectivity index (χ3v) is 5.22. The van der Waals surface area contributed by atoms with Crippen LogP contribution in [-0.4, -0.2) is 22.6 Å². The van der Waals surface area contributed by atoms with Crippen LogP contribution in [0.1, 0.15) is 50.1 Å². The molecule has 24 heavy (non-hydrogen) atoms. The van der Waals surface area contributed by atoms with Gasteiger partial charge in [-0.05, 0) is 55.2 Å². The Morgan fingerprint density at radius 3 is 2.88 bits per heavy atom. The fourth-order valence-corrected chi connectivity index (χ4v) is 4.10. The molecule has 1 unspecified atom stereocenters. The van der Waals surface area contributed by atoms with Gasteiger partial charge in [-0.1, -0.05) is 31.1 Å². The zero-order valence-corrected chi connectivity index (χ0v) is 14.3. The Morgan fingerprint density at radius 1 is 1.29 bits per heavy atom. The number of fused-ring (bicyclic) bond motifs is 1. The number of nitrogens with zero attached hydrogens (tertiary/aromatic N) is 2. The van der Waals surface area contributed by atoms with E-state index in [0.29, 0.717) is 24.2 Å². The Kier molecular flexibility index (Phi) is 3.66. The Labute approximate surface area is 141 Å². The molecule has 5 heteroatoms. The monoisotopic (exact) mass is 325 g/mol. The molecule has 2 heterocycles. The second-order valence-electron chi connectivity index (χ2n) is 7.45. The highest BCUT2D eigenvalue weighted by Crippen LogP contribution is 2.38. The molecule has 0 bridgehead atoms. The lowest BCUT2D eigenvalue weighted by molar-refractivity contribution is -0.125. The van der Waals surface area contributed by atoms with Crippen LogP contribution in [0.3, 0.4) is 0 Å². The fourth-order valence-electron chi connectivity index (χ4n) is 4.10. The highest BCUT2D eigenvalue weighted by Gasteiger charge is 2.49. The summed E-state index contributed by atoms with van der Waals surface area (Å²) in [5, 5.41) is 7.11. The van der Waals surface area contributed by atoms with Gasteiger partial charge in [0, 0.05) is 12.1 Å². The third kappa shape index (κ3) is 2.43. The molecule has 1 saturated heterocycles. The Hall–Kier alpha value is -2.17. The van der Waals surface area contributed by atoms with E-state index in [1.54, 1.807) is 0 Å². The summed E-state index contributed by atoms with van der Waals surface area (Å²) in [6, 6.07) is 6.39. The van der Waals surface area contributed by atoms with Crippen LogP contribution in [0.5, 0.6) is 0 Å². The SMILES string of the molecule is CC(C)CC1(c2nc(-c3ccc4c(c3)CCC4)no2)CCNC1=O. The highest BCUT2D eigenvalue weighted by molar-refractivity contribution is 5.89. The molecule has 1 aromatic carbocycles. The van der Waals surface area contributed by atoms with E-state index in [-0.39, 0.29) is 5.91 Å². The number of rotatable bonds is 4. The molecule has 4 rings (SSSR count). The normalized spacial score (nSPS) is 22.9. The van der Waals surface area contributed by atoms with Crippen molar-refractivity contribution in [1.82, 2.24) is 15.5 Å². The lowest BCUT2D eigenvalue weighted by atomic mass is 9.78. The Balaban J connectivity index is 1.70. The molecule has 1 aliphatic carbocycles. The first-order valence-electron chi connectivity index (χ1n) is 8.83. The van der Waals surface area contributed by atoms with Crippen LogP contribution in [0.4, 0.5) is 0 Å². The van der Waals surface area contributed by atoms with E-state index in [2.05, 4.69) is 47.5 Å². The zero-order chi connectivity index (χ0) is 16.7. The molecule has 2 aliphatic rings. The van der Waals surface area contributed by atoms with Crippen LogP contribution in [0.25, 0.3) is 11.4 Å². The molecule has 126 valence electrons. The summed E-state index contributed by atoms with van der Waals surface area (Å²) in [5.41, 5.74) is 3.11. The standard InChI is InChI=1S/C19H23N3O2/c1-12(2)11-19(8-9-20-17(19)23)18-21-16(22-24-18)15-7-6-13-4-3-5-14(13)10-15/h6-7,10,12H,3-5,8-9,11H2,1-2H3,(H,20,23). The Bertz CT molecular complexity index is 781. The molecule has 0 radical (unpaired) electrons. The van der Waals surface area contributed by atoms with Gasteiger partial charge >= 0.3 is 0 Å². The number of carbonyl (C=O) groups excluding carboxylic acids is 1. The van der Waals surface area contributed by atoms with Crippen molar-refractivity contribution in [3.05, 3.63) is 35.2 Å². The van der Waals surface area contributed by atoms with E-state index >= 15 is 0 Å². The number of nitrogens with one attached hydrogen (secondary N) is 1. The number of aryl methyl sites for hydroxylation is 2. The van der Waals surface area contributed by atoms with Gasteiger partial charge in [-0.25, -0.2) is 0 Å². The van der Waals surface area contributed by atoms with Gasteiger partial charge in [-0.15, -0.1) is 0 Å². The first kappa shape index (κ1) is 15.4. The van der Waals surface area contributed by atoms with Gasteiger partial charge in [-0.2, -0.15) is 4.98 Å². The van der Waals surface area contributed by atoms with Gasteiger partial charge in [0.25, 0.3) is 0 Å². The average molecular weight is 325 g/mol. The van der Waals surface area contributed by atoms with Gasteiger partial charge in [0.1, 0.15) is 5.41 Å². The number of hydrogen-bond acceptors (Lipinski definition) is 4. The topological polar surface area (TPSA) is 68.0 Å². The van der Waals surface area contributed by atoms with Crippen molar-refractivity contribution in [2.75, 3.05) is 6.54 Å². The maximum atomic E-state index is 12.5. The highest BCUT2D eigenvalue weighted by atomic mass is 16.5. The fraction of sp³-hybridized carbons (Fsp3) is 0.526. The van der Waals surface area contributed by atoms with Crippen molar-refractivity contribution in [3.8, 4) is 11.4 Å². The van der Waals surface area contributed by atoms with E-state index in [9.17, 15) is 4.79 Å². The van der Waals surface area contributed by atoms with Crippen molar-refractivity contribution >= 4 is 5.91 Å². The van der Waals surface area contributed by atoms with Gasteiger partial charge in [0.2, 0.25) is 17.6 Å². The van der Waals surface area contributed by atoms with Crippen molar-refractivity contribution in [2.45, 2.75) is 51.4 Å². The predicted octanol–water partition coefficient (Wildman–Crippen LogP) is 3.03. The third-order valence-electron chi connectivity index (χ3n) is 5.22. The number of carbonyl (C=O) groups is 1. The number of benzene rings is 1. The molecule has 5 nitrogen and oxygen atoms in total. The van der Waals surface area contributed by atoms with E-state index in [1.165, 1.54) is 17.5 Å². The maximum Gasteiger partial charge on any atom is 0.242 e. The average Bonchev–Trinajstić information content (AvgIpc) is 3.26. The molecule has 1 amide bonds. The summed E-state index contributed by atoms with van der Waals surface area (Å²) in [6.45, 7) is 4.90. The van der Waals surface area contributed by atoms with Crippen LogP contribution >= 0.6 is 0 Å². The number of aromatic nitrogens is 2. The second-order valence-corrected chi connectivity index (χ2v) is 7.45. The number of amides is 1. The van der Waals surface area contributed by atoms with Crippen LogP contribution in [0.2, 0.25) is 0 Å². The minimum absolute atomic E-state index is 0.0142. The van der Waals surface area contributed by atoms with Gasteiger partial charge < -0.3 is 9.84 Å². The van der Waals surface area contributed by atoms with Crippen LogP contribution in [0.15, 0.2) is 22.7 Å². The molecule has 0 spiro atoms. The van der Waals surface area contributed by atoms with Gasteiger partial charge in [0.05, 0.1) is 0 Å². The van der Waals surface area contributed by atoms with Crippen molar-refractivity contribution in [3.63, 3.8) is 0 Å². The van der Waals surface area contributed by atoms with Crippen molar-refractivity contribution in [1.29, 1.82) is 0 Å². The van der Waals surface area contributed by atoms with E-state index in [4.69, 9.17) is 4.52 Å². The predicted molar refractivity (Wildman–Crippen MR) is 90.5 cm³/mol. The summed E-state index contributed by atoms with van der Waals surface area (Å²) in [5.74, 6) is 1.44. The van der Waals surface area contributed by atoms with E-state index in [0.717, 1.165) is 31.2 Å². The van der Waals surface area contributed by atoms with Crippen molar-refractivity contribution in [2.24, 2.45) is 5.92 Å². The first-order valence-corrected chi connectivity index (χ1v) is 8.83. The van der Waals surface area contributed by atoms with Gasteiger partial charge in [0.15, 0.2) is 0 Å². The number of hydrogen-bond donors (Lipinski definition) is 1. The molecule has 1 aliphatic heterocycles. The molecule has 2 aromatic rings. The molecule has 0 saturated carbocycles. The maximum absolute atomic E-state index is 12.5. The zero-order valence-electron chi connectivity index (χ0n) is 14.3. The first-order chi connectivity index (χ1) is 11.6. The minimum Gasteiger partial charge on any atom is -0.355 e.